The lowest BCUT2D eigenvalue weighted by Gasteiger charge is -2.21. The van der Waals surface area contributed by atoms with E-state index in [1.807, 2.05) is 30.3 Å². The van der Waals surface area contributed by atoms with Gasteiger partial charge in [0.25, 0.3) is 0 Å². The largest absolute Gasteiger partial charge is 0.395 e. The van der Waals surface area contributed by atoms with Crippen LogP contribution in [-0.4, -0.2) is 36.5 Å². The summed E-state index contributed by atoms with van der Waals surface area (Å²) < 4.78 is 0. The molecule has 4 N–H and O–H groups in total. The highest BCUT2D eigenvalue weighted by Crippen LogP contribution is 2.14. The SMILES string of the molecule is CCCCCc1ccc(C(O)CN)cc1.CCN(CCO)c1ccccc1. The Kier molecular flexibility index (Phi) is 12.2. The van der Waals surface area contributed by atoms with Gasteiger partial charge in [0.1, 0.15) is 0 Å². The molecule has 1 atom stereocenters. The minimum Gasteiger partial charge on any atom is -0.395 e. The molecule has 2 aromatic rings. The smallest absolute Gasteiger partial charge is 0.0912 e. The van der Waals surface area contributed by atoms with Gasteiger partial charge in [-0.3, -0.25) is 0 Å². The third kappa shape index (κ3) is 9.05. The maximum Gasteiger partial charge on any atom is 0.0912 e. The van der Waals surface area contributed by atoms with Crippen LogP contribution in [0.2, 0.25) is 0 Å². The Morgan fingerprint density at radius 2 is 1.63 bits per heavy atom. The number of aliphatic hydroxyl groups is 2. The molecule has 0 bridgehead atoms. The summed E-state index contributed by atoms with van der Waals surface area (Å²) in [6.07, 6.45) is 4.40. The molecule has 150 valence electrons. The lowest BCUT2D eigenvalue weighted by molar-refractivity contribution is 0.186. The number of rotatable bonds is 10. The number of nitrogens with two attached hydrogens (primary N) is 1. The fraction of sp³-hybridized carbons (Fsp3) is 0.478. The van der Waals surface area contributed by atoms with E-state index in [0.29, 0.717) is 6.54 Å². The standard InChI is InChI=1S/C13H21NO.C10H15NO/c1-2-3-4-5-11-6-8-12(9-7-11)13(15)10-14;1-2-11(8-9-12)10-6-4-3-5-7-10/h6-9,13,15H,2-5,10,14H2,1H3;3-7,12H,2,8-9H2,1H3. The summed E-state index contributed by atoms with van der Waals surface area (Å²) in [5, 5.41) is 18.3. The van der Waals surface area contributed by atoms with Gasteiger partial charge in [-0.25, -0.2) is 0 Å². The molecule has 0 aromatic heterocycles. The van der Waals surface area contributed by atoms with E-state index in [2.05, 4.69) is 43.0 Å². The highest BCUT2D eigenvalue weighted by Gasteiger charge is 2.04. The van der Waals surface area contributed by atoms with Crippen LogP contribution in [0.25, 0.3) is 0 Å². The van der Waals surface area contributed by atoms with Crippen molar-refractivity contribution in [2.45, 2.75) is 45.6 Å². The maximum absolute atomic E-state index is 9.51. The molecule has 0 saturated carbocycles. The molecule has 0 aliphatic rings. The average molecular weight is 373 g/mol. The highest BCUT2D eigenvalue weighted by molar-refractivity contribution is 5.45. The van der Waals surface area contributed by atoms with Crippen molar-refractivity contribution in [2.75, 3.05) is 31.1 Å². The number of likely N-dealkylation sites (N-methyl/N-ethyl adjacent to an activating group) is 1. The second-order valence-corrected chi connectivity index (χ2v) is 6.59. The number of para-hydroxylation sites is 1. The van der Waals surface area contributed by atoms with Gasteiger partial charge >= 0.3 is 0 Å². The molecule has 0 radical (unpaired) electrons. The van der Waals surface area contributed by atoms with Crippen molar-refractivity contribution in [1.82, 2.24) is 0 Å². The summed E-state index contributed by atoms with van der Waals surface area (Å²) in [5.74, 6) is 0. The zero-order valence-corrected chi connectivity index (χ0v) is 16.8. The predicted octanol–water partition coefficient (Wildman–Crippen LogP) is 3.92. The summed E-state index contributed by atoms with van der Waals surface area (Å²) in [6.45, 7) is 6.44. The van der Waals surface area contributed by atoms with E-state index in [9.17, 15) is 5.11 Å². The van der Waals surface area contributed by atoms with Crippen molar-refractivity contribution >= 4 is 5.69 Å². The van der Waals surface area contributed by atoms with Crippen molar-refractivity contribution in [3.63, 3.8) is 0 Å². The highest BCUT2D eigenvalue weighted by atomic mass is 16.3. The summed E-state index contributed by atoms with van der Waals surface area (Å²) >= 11 is 0. The molecule has 0 amide bonds. The second-order valence-electron chi connectivity index (χ2n) is 6.59. The molecule has 2 aromatic carbocycles. The predicted molar refractivity (Wildman–Crippen MR) is 115 cm³/mol. The van der Waals surface area contributed by atoms with Crippen LogP contribution in [-0.2, 0) is 6.42 Å². The molecule has 4 nitrogen and oxygen atoms in total. The monoisotopic (exact) mass is 372 g/mol. The van der Waals surface area contributed by atoms with Gasteiger partial charge in [-0.05, 0) is 43.0 Å². The fourth-order valence-electron chi connectivity index (χ4n) is 2.85. The van der Waals surface area contributed by atoms with Crippen molar-refractivity contribution in [3.05, 3.63) is 65.7 Å². The molecule has 2 rings (SSSR count). The third-order valence-corrected chi connectivity index (χ3v) is 4.53. The summed E-state index contributed by atoms with van der Waals surface area (Å²) in [6, 6.07) is 18.2. The van der Waals surface area contributed by atoms with Gasteiger partial charge in [0.2, 0.25) is 0 Å². The second kappa shape index (κ2) is 14.2. The van der Waals surface area contributed by atoms with Crippen molar-refractivity contribution in [1.29, 1.82) is 0 Å². The molecule has 0 aliphatic heterocycles. The summed E-state index contributed by atoms with van der Waals surface area (Å²) in [7, 11) is 0. The lowest BCUT2D eigenvalue weighted by atomic mass is 10.0. The van der Waals surface area contributed by atoms with E-state index in [1.54, 1.807) is 0 Å². The first-order valence-electron chi connectivity index (χ1n) is 10.0. The number of hydrogen-bond donors (Lipinski definition) is 3. The van der Waals surface area contributed by atoms with Gasteiger partial charge in [0.15, 0.2) is 0 Å². The lowest BCUT2D eigenvalue weighted by Crippen LogP contribution is -2.25. The zero-order chi connectivity index (χ0) is 19.9. The Bertz CT molecular complexity index is 587. The van der Waals surface area contributed by atoms with Gasteiger partial charge < -0.3 is 20.8 Å². The van der Waals surface area contributed by atoms with Crippen LogP contribution in [0.15, 0.2) is 54.6 Å². The Labute approximate surface area is 164 Å². The van der Waals surface area contributed by atoms with Crippen LogP contribution in [0.5, 0.6) is 0 Å². The van der Waals surface area contributed by atoms with Crippen molar-refractivity contribution < 1.29 is 10.2 Å². The normalized spacial score (nSPS) is 11.4. The molecule has 27 heavy (non-hydrogen) atoms. The molecule has 4 heteroatoms. The van der Waals surface area contributed by atoms with Crippen LogP contribution in [0.3, 0.4) is 0 Å². The molecule has 0 fully saturated rings. The molecular weight excluding hydrogens is 336 g/mol. The number of aryl methyl sites for hydroxylation is 1. The van der Waals surface area contributed by atoms with Gasteiger partial charge in [0.05, 0.1) is 12.7 Å². The molecule has 0 heterocycles. The minimum absolute atomic E-state index is 0.211. The maximum atomic E-state index is 9.51. The van der Waals surface area contributed by atoms with Crippen LogP contribution in [0.1, 0.15) is 50.3 Å². The summed E-state index contributed by atoms with van der Waals surface area (Å²) in [4.78, 5) is 2.14. The molecule has 1 unspecified atom stereocenters. The number of aliphatic hydroxyl groups excluding tert-OH is 2. The Hall–Kier alpha value is -1.88. The van der Waals surface area contributed by atoms with E-state index < -0.39 is 6.10 Å². The van der Waals surface area contributed by atoms with Crippen molar-refractivity contribution in [3.8, 4) is 0 Å². The molecule has 0 aliphatic carbocycles. The van der Waals surface area contributed by atoms with Crippen LogP contribution in [0.4, 0.5) is 5.69 Å². The summed E-state index contributed by atoms with van der Waals surface area (Å²) in [5.41, 5.74) is 8.82. The Morgan fingerprint density at radius 1 is 0.963 bits per heavy atom. The first kappa shape index (κ1) is 23.2. The number of anilines is 1. The van der Waals surface area contributed by atoms with Gasteiger partial charge in [-0.2, -0.15) is 0 Å². The fourth-order valence-corrected chi connectivity index (χ4v) is 2.85. The number of unbranched alkanes of at least 4 members (excludes halogenated alkanes) is 2. The number of benzene rings is 2. The first-order chi connectivity index (χ1) is 13.2. The Balaban J connectivity index is 0.000000277. The minimum atomic E-state index is -0.519. The van der Waals surface area contributed by atoms with E-state index in [1.165, 1.54) is 30.5 Å². The van der Waals surface area contributed by atoms with Crippen molar-refractivity contribution in [2.24, 2.45) is 5.73 Å². The molecule has 0 saturated heterocycles. The average Bonchev–Trinajstić information content (AvgIpc) is 2.73. The molecule has 0 spiro atoms. The Morgan fingerprint density at radius 3 is 2.15 bits per heavy atom. The van der Waals surface area contributed by atoms with Crippen LogP contribution < -0.4 is 10.6 Å². The van der Waals surface area contributed by atoms with E-state index >= 15 is 0 Å². The van der Waals surface area contributed by atoms with Gasteiger partial charge in [-0.1, -0.05) is 62.2 Å². The van der Waals surface area contributed by atoms with E-state index in [4.69, 9.17) is 10.8 Å². The van der Waals surface area contributed by atoms with Crippen LogP contribution in [0, 0.1) is 0 Å². The number of hydrogen-bond acceptors (Lipinski definition) is 4. The van der Waals surface area contributed by atoms with Gasteiger partial charge in [0, 0.05) is 25.3 Å². The quantitative estimate of drug-likeness (QED) is 0.553. The van der Waals surface area contributed by atoms with Crippen LogP contribution >= 0.6 is 0 Å². The number of nitrogens with zero attached hydrogens (tertiary/aromatic N) is 1. The topological polar surface area (TPSA) is 69.7 Å². The van der Waals surface area contributed by atoms with E-state index in [0.717, 1.165) is 18.5 Å². The zero-order valence-electron chi connectivity index (χ0n) is 16.8. The van der Waals surface area contributed by atoms with Gasteiger partial charge in [-0.15, -0.1) is 0 Å². The first-order valence-corrected chi connectivity index (χ1v) is 10.0. The van der Waals surface area contributed by atoms with E-state index in [-0.39, 0.29) is 13.2 Å². The third-order valence-electron chi connectivity index (χ3n) is 4.53. The molecular formula is C23H36N2O2.